The van der Waals surface area contributed by atoms with Gasteiger partial charge in [0, 0.05) is 42.9 Å². The summed E-state index contributed by atoms with van der Waals surface area (Å²) in [5.74, 6) is -0.159. The van der Waals surface area contributed by atoms with Crippen LogP contribution in [0.5, 0.6) is 0 Å². The van der Waals surface area contributed by atoms with E-state index in [0.717, 1.165) is 25.9 Å². The van der Waals surface area contributed by atoms with E-state index >= 15 is 0 Å². The third-order valence-corrected chi connectivity index (χ3v) is 3.94. The van der Waals surface area contributed by atoms with Crippen molar-refractivity contribution in [1.29, 1.82) is 0 Å². The topological polar surface area (TPSA) is 75.5 Å². The van der Waals surface area contributed by atoms with Crippen molar-refractivity contribution in [2.45, 2.75) is 38.8 Å². The number of amides is 1. The Balaban J connectivity index is 1.89. The van der Waals surface area contributed by atoms with Gasteiger partial charge in [-0.25, -0.2) is 0 Å². The molecule has 1 N–H and O–H groups in total. The number of nitrogens with zero attached hydrogens (tertiary/aromatic N) is 2. The molecule has 1 heterocycles. The average Bonchev–Trinajstić information content (AvgIpc) is 2.47. The van der Waals surface area contributed by atoms with Crippen molar-refractivity contribution in [2.75, 3.05) is 13.1 Å². The van der Waals surface area contributed by atoms with Crippen LogP contribution in [0.2, 0.25) is 0 Å². The fourth-order valence-electron chi connectivity index (χ4n) is 2.56. The van der Waals surface area contributed by atoms with E-state index in [1.807, 2.05) is 0 Å². The molecule has 1 aromatic carbocycles. The number of nitro groups is 1. The maximum Gasteiger partial charge on any atom is 0.269 e. The van der Waals surface area contributed by atoms with E-state index in [2.05, 4.69) is 24.1 Å². The maximum atomic E-state index is 12.1. The molecule has 6 heteroatoms. The standard InChI is InChI=1S/C15H21N3O3/c1-11(2)17-9-7-13(8-10-17)16-15(19)12-3-5-14(6-4-12)18(20)21/h3-6,11,13H,7-10H2,1-2H3,(H,16,19). The summed E-state index contributed by atoms with van der Waals surface area (Å²) in [4.78, 5) is 24.6. The second-order valence-corrected chi connectivity index (χ2v) is 5.68. The molecule has 1 aliphatic heterocycles. The number of rotatable bonds is 4. The van der Waals surface area contributed by atoms with Gasteiger partial charge in [-0.1, -0.05) is 0 Å². The van der Waals surface area contributed by atoms with Gasteiger partial charge in [0.25, 0.3) is 11.6 Å². The summed E-state index contributed by atoms with van der Waals surface area (Å²) in [7, 11) is 0. The number of nitro benzene ring substituents is 1. The molecule has 1 fully saturated rings. The van der Waals surface area contributed by atoms with Crippen molar-refractivity contribution in [3.05, 3.63) is 39.9 Å². The fourth-order valence-corrected chi connectivity index (χ4v) is 2.56. The van der Waals surface area contributed by atoms with Gasteiger partial charge in [0.2, 0.25) is 0 Å². The first kappa shape index (κ1) is 15.4. The minimum absolute atomic E-state index is 0.00297. The van der Waals surface area contributed by atoms with Crippen LogP contribution in [0.4, 0.5) is 5.69 Å². The lowest BCUT2D eigenvalue weighted by Gasteiger charge is -2.34. The summed E-state index contributed by atoms with van der Waals surface area (Å²) in [6.07, 6.45) is 1.88. The minimum atomic E-state index is -0.469. The van der Waals surface area contributed by atoms with E-state index in [1.165, 1.54) is 24.3 Å². The summed E-state index contributed by atoms with van der Waals surface area (Å²) in [6.45, 7) is 6.33. The predicted molar refractivity (Wildman–Crippen MR) is 80.3 cm³/mol. The molecular formula is C15H21N3O3. The lowest BCUT2D eigenvalue weighted by molar-refractivity contribution is -0.384. The predicted octanol–water partition coefficient (Wildman–Crippen LogP) is 2.20. The van der Waals surface area contributed by atoms with Crippen LogP contribution in [0.15, 0.2) is 24.3 Å². The van der Waals surface area contributed by atoms with Crippen LogP contribution in [0, 0.1) is 10.1 Å². The third kappa shape index (κ3) is 4.01. The molecule has 21 heavy (non-hydrogen) atoms. The molecule has 0 saturated carbocycles. The van der Waals surface area contributed by atoms with Gasteiger partial charge in [0.1, 0.15) is 0 Å². The Morgan fingerprint density at radius 3 is 2.33 bits per heavy atom. The summed E-state index contributed by atoms with van der Waals surface area (Å²) in [6, 6.07) is 6.43. The summed E-state index contributed by atoms with van der Waals surface area (Å²) < 4.78 is 0. The Bertz CT molecular complexity index is 505. The van der Waals surface area contributed by atoms with Crippen molar-refractivity contribution in [2.24, 2.45) is 0 Å². The molecule has 0 aliphatic carbocycles. The van der Waals surface area contributed by atoms with Crippen LogP contribution in [-0.2, 0) is 0 Å². The summed E-state index contributed by atoms with van der Waals surface area (Å²) >= 11 is 0. The minimum Gasteiger partial charge on any atom is -0.349 e. The van der Waals surface area contributed by atoms with Crippen LogP contribution < -0.4 is 5.32 Å². The number of benzene rings is 1. The monoisotopic (exact) mass is 291 g/mol. The second-order valence-electron chi connectivity index (χ2n) is 5.68. The Labute approximate surface area is 124 Å². The number of piperidine rings is 1. The van der Waals surface area contributed by atoms with Gasteiger partial charge in [-0.15, -0.1) is 0 Å². The number of hydrogen-bond donors (Lipinski definition) is 1. The van der Waals surface area contributed by atoms with Crippen LogP contribution in [0.1, 0.15) is 37.0 Å². The third-order valence-electron chi connectivity index (χ3n) is 3.94. The Morgan fingerprint density at radius 1 is 1.29 bits per heavy atom. The molecule has 0 atom stereocenters. The maximum absolute atomic E-state index is 12.1. The second kappa shape index (κ2) is 6.67. The lowest BCUT2D eigenvalue weighted by Crippen LogP contribution is -2.46. The Morgan fingerprint density at radius 2 is 1.86 bits per heavy atom. The van der Waals surface area contributed by atoms with Crippen molar-refractivity contribution < 1.29 is 9.72 Å². The molecule has 0 spiro atoms. The molecule has 2 rings (SSSR count). The number of likely N-dealkylation sites (tertiary alicyclic amines) is 1. The van der Waals surface area contributed by atoms with Crippen molar-refractivity contribution in [3.8, 4) is 0 Å². The lowest BCUT2D eigenvalue weighted by atomic mass is 10.0. The molecule has 1 aliphatic rings. The number of nitrogens with one attached hydrogen (secondary N) is 1. The quantitative estimate of drug-likeness (QED) is 0.681. The zero-order chi connectivity index (χ0) is 15.4. The molecule has 0 unspecified atom stereocenters. The number of carbonyl (C=O) groups is 1. The summed E-state index contributed by atoms with van der Waals surface area (Å²) in [5, 5.41) is 13.6. The first-order valence-electron chi connectivity index (χ1n) is 7.26. The molecule has 1 saturated heterocycles. The molecular weight excluding hydrogens is 270 g/mol. The normalized spacial score (nSPS) is 16.9. The van der Waals surface area contributed by atoms with Gasteiger partial charge in [-0.3, -0.25) is 14.9 Å². The van der Waals surface area contributed by atoms with Gasteiger partial charge in [0.05, 0.1) is 4.92 Å². The van der Waals surface area contributed by atoms with Crippen molar-refractivity contribution in [1.82, 2.24) is 10.2 Å². The molecule has 1 aromatic rings. The molecule has 1 amide bonds. The van der Waals surface area contributed by atoms with Crippen molar-refractivity contribution >= 4 is 11.6 Å². The highest BCUT2D eigenvalue weighted by atomic mass is 16.6. The largest absolute Gasteiger partial charge is 0.349 e. The first-order valence-corrected chi connectivity index (χ1v) is 7.26. The first-order chi connectivity index (χ1) is 9.97. The van der Waals surface area contributed by atoms with Gasteiger partial charge in [-0.2, -0.15) is 0 Å². The van der Waals surface area contributed by atoms with E-state index in [9.17, 15) is 14.9 Å². The Hall–Kier alpha value is -1.95. The van der Waals surface area contributed by atoms with E-state index in [-0.39, 0.29) is 17.6 Å². The van der Waals surface area contributed by atoms with E-state index in [4.69, 9.17) is 0 Å². The molecule has 114 valence electrons. The molecule has 0 bridgehead atoms. The van der Waals surface area contributed by atoms with E-state index < -0.39 is 4.92 Å². The van der Waals surface area contributed by atoms with Gasteiger partial charge >= 0.3 is 0 Å². The smallest absolute Gasteiger partial charge is 0.269 e. The summed E-state index contributed by atoms with van der Waals surface area (Å²) in [5.41, 5.74) is 0.462. The van der Waals surface area contributed by atoms with Crippen LogP contribution in [-0.4, -0.2) is 40.9 Å². The number of carbonyl (C=O) groups excluding carboxylic acids is 1. The highest BCUT2D eigenvalue weighted by Gasteiger charge is 2.22. The fraction of sp³-hybridized carbons (Fsp3) is 0.533. The highest BCUT2D eigenvalue weighted by molar-refractivity contribution is 5.94. The van der Waals surface area contributed by atoms with Crippen molar-refractivity contribution in [3.63, 3.8) is 0 Å². The van der Waals surface area contributed by atoms with Crippen LogP contribution >= 0.6 is 0 Å². The molecule has 0 aromatic heterocycles. The average molecular weight is 291 g/mol. The van der Waals surface area contributed by atoms with E-state index in [0.29, 0.717) is 11.6 Å². The van der Waals surface area contributed by atoms with Gasteiger partial charge in [0.15, 0.2) is 0 Å². The Kier molecular flexibility index (Phi) is 4.90. The zero-order valence-corrected chi connectivity index (χ0v) is 12.4. The van der Waals surface area contributed by atoms with Crippen LogP contribution in [0.25, 0.3) is 0 Å². The van der Waals surface area contributed by atoms with E-state index in [1.54, 1.807) is 0 Å². The van der Waals surface area contributed by atoms with Crippen LogP contribution in [0.3, 0.4) is 0 Å². The van der Waals surface area contributed by atoms with Gasteiger partial charge in [-0.05, 0) is 38.8 Å². The SMILES string of the molecule is CC(C)N1CCC(NC(=O)c2ccc([N+](=O)[O-])cc2)CC1. The molecule has 0 radical (unpaired) electrons. The number of non-ortho nitro benzene ring substituents is 1. The molecule has 6 nitrogen and oxygen atoms in total. The zero-order valence-electron chi connectivity index (χ0n) is 12.4. The number of hydrogen-bond acceptors (Lipinski definition) is 4. The van der Waals surface area contributed by atoms with Gasteiger partial charge < -0.3 is 10.2 Å². The highest BCUT2D eigenvalue weighted by Crippen LogP contribution is 2.15.